The molecule has 5 nitrogen and oxygen atoms in total. The van der Waals surface area contributed by atoms with Crippen LogP contribution in [0.3, 0.4) is 0 Å². The lowest BCUT2D eigenvalue weighted by Gasteiger charge is -2.05. The lowest BCUT2D eigenvalue weighted by molar-refractivity contribution is 0.0992. The molecule has 0 bridgehead atoms. The molecule has 128 valence electrons. The van der Waals surface area contributed by atoms with Crippen LogP contribution in [0.2, 0.25) is 0 Å². The third kappa shape index (κ3) is 3.57. The smallest absolute Gasteiger partial charge is 0.292 e. The van der Waals surface area contributed by atoms with Gasteiger partial charge in [0.05, 0.1) is 5.52 Å². The largest absolute Gasteiger partial charge is 0.486 e. The number of nitrogens with one attached hydrogen (secondary N) is 1. The van der Waals surface area contributed by atoms with Crippen molar-refractivity contribution in [2.24, 2.45) is 0 Å². The number of para-hydroxylation sites is 2. The predicted molar refractivity (Wildman–Crippen MR) is 99.2 cm³/mol. The van der Waals surface area contributed by atoms with Crippen LogP contribution in [0.15, 0.2) is 83.3 Å². The standard InChI is InChI=1S/C21H16N2O3/c24-21(23-20-13-10-15-6-4-5-9-18(15)22-20)19-12-11-17(26-19)14-25-16-7-2-1-3-8-16/h1-13H,14H2,(H,22,23,24). The van der Waals surface area contributed by atoms with E-state index in [9.17, 15) is 4.79 Å². The van der Waals surface area contributed by atoms with Crippen LogP contribution in [-0.2, 0) is 6.61 Å². The SMILES string of the molecule is O=C(Nc1ccc2ccccc2n1)c1ccc(COc2ccccc2)o1. The van der Waals surface area contributed by atoms with E-state index in [2.05, 4.69) is 10.3 Å². The van der Waals surface area contributed by atoms with Gasteiger partial charge in [-0.2, -0.15) is 0 Å². The number of benzene rings is 2. The highest BCUT2D eigenvalue weighted by atomic mass is 16.5. The first kappa shape index (κ1) is 15.9. The number of anilines is 1. The van der Waals surface area contributed by atoms with Crippen molar-refractivity contribution in [3.63, 3.8) is 0 Å². The van der Waals surface area contributed by atoms with Gasteiger partial charge in [0.25, 0.3) is 5.91 Å². The number of fused-ring (bicyclic) bond motifs is 1. The molecule has 4 rings (SSSR count). The minimum Gasteiger partial charge on any atom is -0.486 e. The van der Waals surface area contributed by atoms with E-state index in [0.29, 0.717) is 11.6 Å². The maximum Gasteiger partial charge on any atom is 0.292 e. The number of aromatic nitrogens is 1. The number of amides is 1. The van der Waals surface area contributed by atoms with Gasteiger partial charge in [-0.05, 0) is 42.5 Å². The van der Waals surface area contributed by atoms with Crippen molar-refractivity contribution in [2.75, 3.05) is 5.32 Å². The van der Waals surface area contributed by atoms with Gasteiger partial charge in [0.2, 0.25) is 0 Å². The van der Waals surface area contributed by atoms with Crippen LogP contribution in [0.25, 0.3) is 10.9 Å². The molecule has 0 aliphatic carbocycles. The van der Waals surface area contributed by atoms with E-state index in [1.54, 1.807) is 18.2 Å². The third-order valence-electron chi connectivity index (χ3n) is 3.85. The summed E-state index contributed by atoms with van der Waals surface area (Å²) >= 11 is 0. The molecule has 1 amide bonds. The molecule has 2 aromatic heterocycles. The summed E-state index contributed by atoms with van der Waals surface area (Å²) in [5, 5.41) is 3.77. The van der Waals surface area contributed by atoms with Gasteiger partial charge < -0.3 is 14.5 Å². The molecule has 0 spiro atoms. The highest BCUT2D eigenvalue weighted by molar-refractivity contribution is 6.02. The Morgan fingerprint density at radius 3 is 2.62 bits per heavy atom. The molecule has 2 heterocycles. The summed E-state index contributed by atoms with van der Waals surface area (Å²) in [5.74, 6) is 1.67. The normalized spacial score (nSPS) is 10.6. The lowest BCUT2D eigenvalue weighted by Crippen LogP contribution is -2.12. The summed E-state index contributed by atoms with van der Waals surface area (Å²) in [4.78, 5) is 16.8. The van der Waals surface area contributed by atoms with Crippen LogP contribution in [0.4, 0.5) is 5.82 Å². The molecule has 0 atom stereocenters. The average Bonchev–Trinajstić information content (AvgIpc) is 3.16. The zero-order chi connectivity index (χ0) is 17.8. The average molecular weight is 344 g/mol. The number of pyridine rings is 1. The van der Waals surface area contributed by atoms with Gasteiger partial charge in [0, 0.05) is 5.39 Å². The fourth-order valence-corrected chi connectivity index (χ4v) is 2.56. The zero-order valence-electron chi connectivity index (χ0n) is 13.9. The highest BCUT2D eigenvalue weighted by Crippen LogP contribution is 2.17. The molecule has 0 unspecified atom stereocenters. The van der Waals surface area contributed by atoms with Gasteiger partial charge in [0.15, 0.2) is 5.76 Å². The van der Waals surface area contributed by atoms with E-state index >= 15 is 0 Å². The van der Waals surface area contributed by atoms with E-state index in [1.165, 1.54) is 0 Å². The molecule has 5 heteroatoms. The van der Waals surface area contributed by atoms with Crippen molar-refractivity contribution in [3.05, 3.63) is 90.4 Å². The van der Waals surface area contributed by atoms with Gasteiger partial charge in [-0.15, -0.1) is 0 Å². The maximum absolute atomic E-state index is 12.4. The van der Waals surface area contributed by atoms with Crippen LogP contribution >= 0.6 is 0 Å². The molecule has 0 aliphatic rings. The second-order valence-electron chi connectivity index (χ2n) is 5.71. The zero-order valence-corrected chi connectivity index (χ0v) is 13.9. The van der Waals surface area contributed by atoms with Crippen molar-refractivity contribution >= 4 is 22.6 Å². The van der Waals surface area contributed by atoms with E-state index in [1.807, 2.05) is 60.7 Å². The van der Waals surface area contributed by atoms with Crippen LogP contribution < -0.4 is 10.1 Å². The Hall–Kier alpha value is -3.60. The number of rotatable bonds is 5. The molecular formula is C21H16N2O3. The van der Waals surface area contributed by atoms with E-state index in [-0.39, 0.29) is 18.3 Å². The molecule has 0 fully saturated rings. The Morgan fingerprint density at radius 2 is 1.73 bits per heavy atom. The number of carbonyl (C=O) groups is 1. The molecule has 0 aliphatic heterocycles. The second-order valence-corrected chi connectivity index (χ2v) is 5.71. The number of hydrogen-bond acceptors (Lipinski definition) is 4. The third-order valence-corrected chi connectivity index (χ3v) is 3.85. The van der Waals surface area contributed by atoms with E-state index in [4.69, 9.17) is 9.15 Å². The molecule has 2 aromatic carbocycles. The Balaban J connectivity index is 1.42. The Bertz CT molecular complexity index is 1040. The predicted octanol–water partition coefficient (Wildman–Crippen LogP) is 4.66. The summed E-state index contributed by atoms with van der Waals surface area (Å²) in [6.07, 6.45) is 0. The first-order valence-electron chi connectivity index (χ1n) is 8.22. The van der Waals surface area contributed by atoms with Crippen LogP contribution in [0, 0.1) is 0 Å². The lowest BCUT2D eigenvalue weighted by atomic mass is 10.2. The van der Waals surface area contributed by atoms with Gasteiger partial charge >= 0.3 is 0 Å². The summed E-state index contributed by atoms with van der Waals surface area (Å²) < 4.78 is 11.2. The van der Waals surface area contributed by atoms with Crippen LogP contribution in [0.1, 0.15) is 16.3 Å². The Labute approximate surface area is 150 Å². The maximum atomic E-state index is 12.4. The summed E-state index contributed by atoms with van der Waals surface area (Å²) in [5.41, 5.74) is 0.821. The van der Waals surface area contributed by atoms with Gasteiger partial charge in [-0.3, -0.25) is 4.79 Å². The number of ether oxygens (including phenoxy) is 1. The molecule has 0 saturated carbocycles. The van der Waals surface area contributed by atoms with Gasteiger partial charge in [-0.25, -0.2) is 4.98 Å². The molecule has 26 heavy (non-hydrogen) atoms. The Morgan fingerprint density at radius 1 is 0.923 bits per heavy atom. The molecule has 0 saturated heterocycles. The van der Waals surface area contributed by atoms with Crippen molar-refractivity contribution in [3.8, 4) is 5.75 Å². The molecular weight excluding hydrogens is 328 g/mol. The molecule has 4 aromatic rings. The highest BCUT2D eigenvalue weighted by Gasteiger charge is 2.12. The minimum atomic E-state index is -0.348. The summed E-state index contributed by atoms with van der Waals surface area (Å²) in [7, 11) is 0. The quantitative estimate of drug-likeness (QED) is 0.572. The number of nitrogens with zero attached hydrogens (tertiary/aromatic N) is 1. The number of carbonyl (C=O) groups excluding carboxylic acids is 1. The molecule has 0 radical (unpaired) electrons. The fourth-order valence-electron chi connectivity index (χ4n) is 2.56. The van der Waals surface area contributed by atoms with Crippen LogP contribution in [0.5, 0.6) is 5.75 Å². The molecule has 1 N–H and O–H groups in total. The number of furan rings is 1. The number of hydrogen-bond donors (Lipinski definition) is 1. The summed E-state index contributed by atoms with van der Waals surface area (Å²) in [6.45, 7) is 0.255. The first-order valence-corrected chi connectivity index (χ1v) is 8.22. The van der Waals surface area contributed by atoms with E-state index in [0.717, 1.165) is 16.7 Å². The van der Waals surface area contributed by atoms with Crippen molar-refractivity contribution in [1.82, 2.24) is 4.98 Å². The first-order chi connectivity index (χ1) is 12.8. The van der Waals surface area contributed by atoms with Gasteiger partial charge in [-0.1, -0.05) is 36.4 Å². The van der Waals surface area contributed by atoms with Crippen molar-refractivity contribution in [1.29, 1.82) is 0 Å². The van der Waals surface area contributed by atoms with Crippen molar-refractivity contribution < 1.29 is 13.9 Å². The van der Waals surface area contributed by atoms with E-state index < -0.39 is 0 Å². The fraction of sp³-hybridized carbons (Fsp3) is 0.0476. The monoisotopic (exact) mass is 344 g/mol. The van der Waals surface area contributed by atoms with Crippen LogP contribution in [-0.4, -0.2) is 10.9 Å². The minimum absolute atomic E-state index is 0.214. The summed E-state index contributed by atoms with van der Waals surface area (Å²) in [6, 6.07) is 24.2. The van der Waals surface area contributed by atoms with Gasteiger partial charge in [0.1, 0.15) is 23.9 Å². The Kier molecular flexibility index (Phi) is 4.35. The second kappa shape index (κ2) is 7.11. The van der Waals surface area contributed by atoms with Crippen molar-refractivity contribution in [2.45, 2.75) is 6.61 Å². The topological polar surface area (TPSA) is 64.4 Å².